The van der Waals surface area contributed by atoms with E-state index in [1.54, 1.807) is 19.1 Å². The molecule has 1 aliphatic carbocycles. The highest BCUT2D eigenvalue weighted by molar-refractivity contribution is 5.80. The van der Waals surface area contributed by atoms with Gasteiger partial charge in [0.2, 0.25) is 5.91 Å². The third kappa shape index (κ3) is 4.29. The molecule has 2 atom stereocenters. The fourth-order valence-corrected chi connectivity index (χ4v) is 2.51. The number of carbonyl (C=O) groups excluding carboxylic acids is 1. The molecule has 1 N–H and O–H groups in total. The molecule has 18 heavy (non-hydrogen) atoms. The molecule has 0 aromatic heterocycles. The van der Waals surface area contributed by atoms with Crippen LogP contribution in [-0.2, 0) is 14.3 Å². The second kappa shape index (κ2) is 7.36. The third-order valence-corrected chi connectivity index (χ3v) is 3.59. The van der Waals surface area contributed by atoms with Crippen LogP contribution in [0.3, 0.4) is 0 Å². The number of methoxy groups -OCH3 is 1. The predicted molar refractivity (Wildman–Crippen MR) is 67.2 cm³/mol. The average molecular weight is 257 g/mol. The minimum atomic E-state index is -0.769. The highest BCUT2D eigenvalue weighted by Crippen LogP contribution is 2.30. The minimum absolute atomic E-state index is 0.0806. The number of ether oxygens (including phenoxy) is 1. The van der Waals surface area contributed by atoms with Gasteiger partial charge in [0.1, 0.15) is 0 Å². The average Bonchev–Trinajstić information content (AvgIpc) is 2.38. The van der Waals surface area contributed by atoms with Crippen molar-refractivity contribution in [2.24, 2.45) is 11.8 Å². The van der Waals surface area contributed by atoms with Crippen molar-refractivity contribution in [3.8, 4) is 0 Å². The fraction of sp³-hybridized carbons (Fsp3) is 0.846. The molecule has 1 fully saturated rings. The van der Waals surface area contributed by atoms with Crippen molar-refractivity contribution in [3.05, 3.63) is 0 Å². The van der Waals surface area contributed by atoms with E-state index >= 15 is 0 Å². The molecular weight excluding hydrogens is 234 g/mol. The van der Waals surface area contributed by atoms with Gasteiger partial charge < -0.3 is 14.7 Å². The van der Waals surface area contributed by atoms with Crippen molar-refractivity contribution in [1.82, 2.24) is 4.90 Å². The monoisotopic (exact) mass is 257 g/mol. The van der Waals surface area contributed by atoms with E-state index in [0.717, 1.165) is 19.3 Å². The van der Waals surface area contributed by atoms with Crippen molar-refractivity contribution >= 4 is 11.9 Å². The summed E-state index contributed by atoms with van der Waals surface area (Å²) in [7, 11) is 3.42. The first kappa shape index (κ1) is 15.0. The van der Waals surface area contributed by atoms with Gasteiger partial charge in [0.15, 0.2) is 0 Å². The van der Waals surface area contributed by atoms with E-state index in [1.165, 1.54) is 0 Å². The molecule has 0 spiro atoms. The standard InChI is InChI=1S/C13H23NO4/c1-14(7-4-8-18-2)12(15)10-5-3-6-11(9-10)13(16)17/h10-11H,3-9H2,1-2H3,(H,16,17). The van der Waals surface area contributed by atoms with Gasteiger partial charge in [-0.15, -0.1) is 0 Å². The zero-order valence-corrected chi connectivity index (χ0v) is 11.2. The van der Waals surface area contributed by atoms with Crippen LogP contribution in [0.1, 0.15) is 32.1 Å². The molecule has 0 bridgehead atoms. The van der Waals surface area contributed by atoms with E-state index in [1.807, 2.05) is 0 Å². The summed E-state index contributed by atoms with van der Waals surface area (Å²) >= 11 is 0. The molecule has 1 saturated carbocycles. The van der Waals surface area contributed by atoms with E-state index < -0.39 is 5.97 Å². The molecule has 0 saturated heterocycles. The van der Waals surface area contributed by atoms with Crippen LogP contribution in [0.25, 0.3) is 0 Å². The first-order chi connectivity index (χ1) is 8.56. The summed E-state index contributed by atoms with van der Waals surface area (Å²) in [6, 6.07) is 0. The summed E-state index contributed by atoms with van der Waals surface area (Å²) in [4.78, 5) is 24.8. The Morgan fingerprint density at radius 1 is 1.33 bits per heavy atom. The Labute approximate surface area is 108 Å². The summed E-state index contributed by atoms with van der Waals surface area (Å²) in [6.07, 6.45) is 3.65. The van der Waals surface area contributed by atoms with Crippen LogP contribution < -0.4 is 0 Å². The quantitative estimate of drug-likeness (QED) is 0.730. The van der Waals surface area contributed by atoms with E-state index in [-0.39, 0.29) is 17.7 Å². The first-order valence-electron chi connectivity index (χ1n) is 6.53. The Kier molecular flexibility index (Phi) is 6.12. The number of carboxylic acid groups (broad SMARTS) is 1. The summed E-state index contributed by atoms with van der Waals surface area (Å²) in [6.45, 7) is 1.31. The van der Waals surface area contributed by atoms with Crippen molar-refractivity contribution in [2.45, 2.75) is 32.1 Å². The molecule has 0 aromatic carbocycles. The molecule has 5 heteroatoms. The van der Waals surface area contributed by atoms with Gasteiger partial charge in [0.25, 0.3) is 0 Å². The van der Waals surface area contributed by atoms with Crippen LogP contribution in [-0.4, -0.2) is 49.2 Å². The molecular formula is C13H23NO4. The number of aliphatic carboxylic acids is 1. The minimum Gasteiger partial charge on any atom is -0.481 e. The van der Waals surface area contributed by atoms with Crippen molar-refractivity contribution in [1.29, 1.82) is 0 Å². The van der Waals surface area contributed by atoms with E-state index in [4.69, 9.17) is 9.84 Å². The Morgan fingerprint density at radius 2 is 2.00 bits per heavy atom. The number of hydrogen-bond acceptors (Lipinski definition) is 3. The van der Waals surface area contributed by atoms with Crippen molar-refractivity contribution < 1.29 is 19.4 Å². The number of carboxylic acids is 1. The molecule has 0 aromatic rings. The molecule has 2 unspecified atom stereocenters. The molecule has 1 aliphatic rings. The molecule has 0 aliphatic heterocycles. The lowest BCUT2D eigenvalue weighted by Crippen LogP contribution is -2.37. The zero-order chi connectivity index (χ0) is 13.5. The third-order valence-electron chi connectivity index (χ3n) is 3.59. The Morgan fingerprint density at radius 3 is 2.61 bits per heavy atom. The van der Waals surface area contributed by atoms with Gasteiger partial charge in [-0.25, -0.2) is 0 Å². The largest absolute Gasteiger partial charge is 0.481 e. The van der Waals surface area contributed by atoms with Crippen LogP contribution in [0, 0.1) is 11.8 Å². The van der Waals surface area contributed by atoms with Crippen LogP contribution in [0.4, 0.5) is 0 Å². The number of hydrogen-bond donors (Lipinski definition) is 1. The van der Waals surface area contributed by atoms with Crippen molar-refractivity contribution in [2.75, 3.05) is 27.3 Å². The second-order valence-corrected chi connectivity index (χ2v) is 5.00. The SMILES string of the molecule is COCCCN(C)C(=O)C1CCCC(C(=O)O)C1. The highest BCUT2D eigenvalue weighted by Gasteiger charge is 2.32. The van der Waals surface area contributed by atoms with E-state index in [9.17, 15) is 9.59 Å². The fourth-order valence-electron chi connectivity index (χ4n) is 2.51. The first-order valence-corrected chi connectivity index (χ1v) is 6.53. The van der Waals surface area contributed by atoms with Crippen molar-refractivity contribution in [3.63, 3.8) is 0 Å². The summed E-state index contributed by atoms with van der Waals surface area (Å²) in [5, 5.41) is 9.01. The smallest absolute Gasteiger partial charge is 0.306 e. The number of nitrogens with zero attached hydrogens (tertiary/aromatic N) is 1. The van der Waals surface area contributed by atoms with Gasteiger partial charge in [-0.3, -0.25) is 9.59 Å². The Bertz CT molecular complexity index is 293. The normalized spacial score (nSPS) is 23.7. The molecule has 0 heterocycles. The molecule has 0 radical (unpaired) electrons. The summed E-state index contributed by atoms with van der Waals surface area (Å²) in [5.74, 6) is -1.15. The van der Waals surface area contributed by atoms with Gasteiger partial charge in [-0.1, -0.05) is 6.42 Å². The second-order valence-electron chi connectivity index (χ2n) is 5.00. The highest BCUT2D eigenvalue weighted by atomic mass is 16.5. The lowest BCUT2D eigenvalue weighted by atomic mass is 9.81. The van der Waals surface area contributed by atoms with Crippen LogP contribution in [0.2, 0.25) is 0 Å². The lowest BCUT2D eigenvalue weighted by Gasteiger charge is -2.29. The number of amides is 1. The van der Waals surface area contributed by atoms with E-state index in [2.05, 4.69) is 0 Å². The topological polar surface area (TPSA) is 66.8 Å². The summed E-state index contributed by atoms with van der Waals surface area (Å²) < 4.78 is 4.95. The number of rotatable bonds is 6. The Hall–Kier alpha value is -1.10. The predicted octanol–water partition coefficient (Wildman–Crippen LogP) is 1.37. The van der Waals surface area contributed by atoms with Gasteiger partial charge >= 0.3 is 5.97 Å². The van der Waals surface area contributed by atoms with Gasteiger partial charge in [-0.2, -0.15) is 0 Å². The van der Waals surface area contributed by atoms with Gasteiger partial charge in [-0.05, 0) is 25.7 Å². The van der Waals surface area contributed by atoms with Gasteiger partial charge in [0.05, 0.1) is 5.92 Å². The molecule has 5 nitrogen and oxygen atoms in total. The molecule has 1 rings (SSSR count). The maximum absolute atomic E-state index is 12.2. The van der Waals surface area contributed by atoms with Gasteiger partial charge in [0, 0.05) is 33.2 Å². The summed E-state index contributed by atoms with van der Waals surface area (Å²) in [5.41, 5.74) is 0. The number of carbonyl (C=O) groups is 2. The Balaban J connectivity index is 2.42. The molecule has 104 valence electrons. The maximum Gasteiger partial charge on any atom is 0.306 e. The van der Waals surface area contributed by atoms with Crippen LogP contribution >= 0.6 is 0 Å². The maximum atomic E-state index is 12.2. The van der Waals surface area contributed by atoms with E-state index in [0.29, 0.717) is 26.0 Å². The molecule has 1 amide bonds. The zero-order valence-electron chi connectivity index (χ0n) is 11.2. The lowest BCUT2D eigenvalue weighted by molar-refractivity contribution is -0.145. The van der Waals surface area contributed by atoms with Crippen LogP contribution in [0.5, 0.6) is 0 Å². The van der Waals surface area contributed by atoms with Crippen LogP contribution in [0.15, 0.2) is 0 Å².